The van der Waals surface area contributed by atoms with Crippen molar-refractivity contribution in [2.45, 2.75) is 48.4 Å². The third kappa shape index (κ3) is 4.01. The first-order valence-corrected chi connectivity index (χ1v) is 11.2. The minimum Gasteiger partial charge on any atom is -0.381 e. The van der Waals surface area contributed by atoms with E-state index in [4.69, 9.17) is 0 Å². The Morgan fingerprint density at radius 2 is 1.64 bits per heavy atom. The van der Waals surface area contributed by atoms with E-state index in [0.29, 0.717) is 11.6 Å². The van der Waals surface area contributed by atoms with Crippen LogP contribution in [0.25, 0.3) is 0 Å². The summed E-state index contributed by atoms with van der Waals surface area (Å²) in [5, 5.41) is 3.31. The van der Waals surface area contributed by atoms with Crippen LogP contribution in [-0.2, 0) is 19.7 Å². The van der Waals surface area contributed by atoms with Gasteiger partial charge < -0.3 is 5.32 Å². The van der Waals surface area contributed by atoms with E-state index < -0.39 is 19.7 Å². The molecule has 0 bridgehead atoms. The van der Waals surface area contributed by atoms with Gasteiger partial charge in [0, 0.05) is 18.6 Å². The number of anilines is 1. The van der Waals surface area contributed by atoms with Gasteiger partial charge in [0.05, 0.1) is 15.5 Å². The molecule has 1 aromatic carbocycles. The molecule has 1 aromatic rings. The highest BCUT2D eigenvalue weighted by atomic mass is 32.2. The zero-order chi connectivity index (χ0) is 16.5. The Balaban J connectivity index is 2.43. The first kappa shape index (κ1) is 17.3. The van der Waals surface area contributed by atoms with Crippen LogP contribution in [0.5, 0.6) is 0 Å². The molecule has 2 atom stereocenters. The number of nitrogens with one attached hydrogen (secondary N) is 1. The fourth-order valence-corrected chi connectivity index (χ4v) is 4.48. The minimum atomic E-state index is -3.51. The zero-order valence-corrected chi connectivity index (χ0v) is 14.8. The summed E-state index contributed by atoms with van der Waals surface area (Å²) in [7, 11) is -6.95. The molecule has 0 spiro atoms. The molecule has 2 rings (SSSR count). The number of benzene rings is 1. The van der Waals surface area contributed by atoms with E-state index in [1.807, 2.05) is 0 Å². The Morgan fingerprint density at radius 3 is 2.18 bits per heavy atom. The van der Waals surface area contributed by atoms with Crippen LogP contribution in [0.3, 0.4) is 0 Å². The summed E-state index contributed by atoms with van der Waals surface area (Å²) >= 11 is 0. The molecule has 0 aromatic heterocycles. The summed E-state index contributed by atoms with van der Waals surface area (Å²) in [6, 6.07) is 4.49. The maximum absolute atomic E-state index is 12.0. The quantitative estimate of drug-likeness (QED) is 0.907. The van der Waals surface area contributed by atoms with Crippen LogP contribution < -0.4 is 5.32 Å². The molecule has 0 aliphatic heterocycles. The van der Waals surface area contributed by atoms with Gasteiger partial charge in [0.15, 0.2) is 19.7 Å². The SMILES string of the molecule is C[C@H]1CCCC[C@H]1Nc1ccc(S(C)(=O)=O)cc1S(C)(=O)=O. The molecule has 22 heavy (non-hydrogen) atoms. The fraction of sp³-hybridized carbons (Fsp3) is 0.600. The van der Waals surface area contributed by atoms with Crippen molar-refractivity contribution in [1.29, 1.82) is 0 Å². The van der Waals surface area contributed by atoms with Crippen molar-refractivity contribution >= 4 is 25.4 Å². The molecule has 0 saturated heterocycles. The molecule has 0 heterocycles. The van der Waals surface area contributed by atoms with Crippen molar-refractivity contribution in [3.63, 3.8) is 0 Å². The Labute approximate surface area is 133 Å². The lowest BCUT2D eigenvalue weighted by Gasteiger charge is -2.31. The second-order valence-electron chi connectivity index (χ2n) is 6.21. The Bertz CT molecular complexity index is 754. The monoisotopic (exact) mass is 345 g/mol. The summed E-state index contributed by atoms with van der Waals surface area (Å²) in [6.07, 6.45) is 6.61. The second kappa shape index (κ2) is 6.20. The van der Waals surface area contributed by atoms with Gasteiger partial charge >= 0.3 is 0 Å². The average molecular weight is 345 g/mol. The van der Waals surface area contributed by atoms with Crippen LogP contribution in [0.4, 0.5) is 5.69 Å². The third-order valence-corrected chi connectivity index (χ3v) is 6.48. The van der Waals surface area contributed by atoms with Crippen molar-refractivity contribution in [2.24, 2.45) is 5.92 Å². The zero-order valence-electron chi connectivity index (χ0n) is 13.2. The van der Waals surface area contributed by atoms with Gasteiger partial charge in [-0.05, 0) is 37.0 Å². The maximum Gasteiger partial charge on any atom is 0.177 e. The molecule has 124 valence electrons. The number of hydrogen-bond donors (Lipinski definition) is 1. The molecular weight excluding hydrogens is 322 g/mol. The van der Waals surface area contributed by atoms with Gasteiger partial charge in [-0.2, -0.15) is 0 Å². The summed E-state index contributed by atoms with van der Waals surface area (Å²) in [4.78, 5) is 0.0726. The van der Waals surface area contributed by atoms with Crippen molar-refractivity contribution in [2.75, 3.05) is 17.8 Å². The average Bonchev–Trinajstić information content (AvgIpc) is 2.39. The van der Waals surface area contributed by atoms with Gasteiger partial charge in [-0.3, -0.25) is 0 Å². The van der Waals surface area contributed by atoms with Crippen LogP contribution >= 0.6 is 0 Å². The normalized spacial score (nSPS) is 23.2. The fourth-order valence-electron chi connectivity index (χ4n) is 2.89. The lowest BCUT2D eigenvalue weighted by Crippen LogP contribution is -2.30. The highest BCUT2D eigenvalue weighted by Gasteiger charge is 2.24. The topological polar surface area (TPSA) is 80.3 Å². The number of rotatable bonds is 4. The molecule has 1 N–H and O–H groups in total. The molecule has 1 aliphatic carbocycles. The Morgan fingerprint density at radius 1 is 1.00 bits per heavy atom. The number of sulfone groups is 2. The van der Waals surface area contributed by atoms with E-state index in [9.17, 15) is 16.8 Å². The first-order chi connectivity index (χ1) is 10.1. The molecule has 1 fully saturated rings. The van der Waals surface area contributed by atoms with E-state index in [0.717, 1.165) is 31.8 Å². The highest BCUT2D eigenvalue weighted by molar-refractivity contribution is 7.91. The smallest absolute Gasteiger partial charge is 0.177 e. The van der Waals surface area contributed by atoms with Gasteiger partial charge in [-0.1, -0.05) is 19.8 Å². The van der Waals surface area contributed by atoms with E-state index >= 15 is 0 Å². The molecular formula is C15H23NO4S2. The van der Waals surface area contributed by atoms with Gasteiger partial charge in [0.1, 0.15) is 0 Å². The summed E-state index contributed by atoms with van der Waals surface area (Å²) in [5.41, 5.74) is 0.494. The largest absolute Gasteiger partial charge is 0.381 e. The van der Waals surface area contributed by atoms with Crippen LogP contribution in [0, 0.1) is 5.92 Å². The first-order valence-electron chi connectivity index (χ1n) is 7.40. The molecule has 1 aliphatic rings. The van der Waals surface area contributed by atoms with Gasteiger partial charge in [0.2, 0.25) is 0 Å². The summed E-state index contributed by atoms with van der Waals surface area (Å²) in [5.74, 6) is 0.468. The van der Waals surface area contributed by atoms with Crippen molar-refractivity contribution in [3.8, 4) is 0 Å². The molecule has 7 heteroatoms. The Kier molecular flexibility index (Phi) is 4.87. The van der Waals surface area contributed by atoms with Gasteiger partial charge in [-0.25, -0.2) is 16.8 Å². The molecule has 1 saturated carbocycles. The van der Waals surface area contributed by atoms with E-state index in [2.05, 4.69) is 12.2 Å². The van der Waals surface area contributed by atoms with Crippen LogP contribution in [0.2, 0.25) is 0 Å². The highest BCUT2D eigenvalue weighted by Crippen LogP contribution is 2.31. The van der Waals surface area contributed by atoms with E-state index in [-0.39, 0.29) is 15.8 Å². The lowest BCUT2D eigenvalue weighted by molar-refractivity contribution is 0.349. The van der Waals surface area contributed by atoms with E-state index in [1.165, 1.54) is 18.6 Å². The molecule has 0 radical (unpaired) electrons. The molecule has 0 amide bonds. The van der Waals surface area contributed by atoms with Gasteiger partial charge in [0.25, 0.3) is 0 Å². The van der Waals surface area contributed by atoms with Crippen LogP contribution in [0.15, 0.2) is 28.0 Å². The predicted octanol–water partition coefficient (Wildman–Crippen LogP) is 2.48. The minimum absolute atomic E-state index is 0.0233. The summed E-state index contributed by atoms with van der Waals surface area (Å²) in [6.45, 7) is 2.15. The molecule has 5 nitrogen and oxygen atoms in total. The predicted molar refractivity (Wildman–Crippen MR) is 87.7 cm³/mol. The van der Waals surface area contributed by atoms with Gasteiger partial charge in [-0.15, -0.1) is 0 Å². The van der Waals surface area contributed by atoms with Crippen molar-refractivity contribution < 1.29 is 16.8 Å². The van der Waals surface area contributed by atoms with E-state index in [1.54, 1.807) is 6.07 Å². The third-order valence-electron chi connectivity index (χ3n) is 4.23. The molecule has 0 unspecified atom stereocenters. The van der Waals surface area contributed by atoms with Crippen molar-refractivity contribution in [3.05, 3.63) is 18.2 Å². The standard InChI is InChI=1S/C15H23NO4S2/c1-11-6-4-5-7-13(11)16-14-9-8-12(21(2,17)18)10-15(14)22(3,19)20/h8-11,13,16H,4-7H2,1-3H3/t11-,13+/m0/s1. The van der Waals surface area contributed by atoms with Crippen LogP contribution in [-0.4, -0.2) is 35.4 Å². The van der Waals surface area contributed by atoms with Crippen molar-refractivity contribution in [1.82, 2.24) is 0 Å². The second-order valence-corrected chi connectivity index (χ2v) is 10.2. The summed E-state index contributed by atoms with van der Waals surface area (Å²) < 4.78 is 47.3. The lowest BCUT2D eigenvalue weighted by atomic mass is 9.86. The number of hydrogen-bond acceptors (Lipinski definition) is 5. The Hall–Kier alpha value is -1.08. The van der Waals surface area contributed by atoms with Crippen LogP contribution in [0.1, 0.15) is 32.6 Å². The maximum atomic E-state index is 12.0.